The van der Waals surface area contributed by atoms with Crippen LogP contribution in [-0.4, -0.2) is 19.5 Å². The summed E-state index contributed by atoms with van der Waals surface area (Å²) in [6.45, 7) is 7.68. The summed E-state index contributed by atoms with van der Waals surface area (Å²) in [5.41, 5.74) is 0. The molecule has 0 atom stereocenters. The second-order valence-corrected chi connectivity index (χ2v) is 3.63. The first-order chi connectivity index (χ1) is 7.83. The van der Waals surface area contributed by atoms with Crippen molar-refractivity contribution >= 4 is 6.29 Å². The fraction of sp³-hybridized carbons (Fsp3) is 0.923. The minimum absolute atomic E-state index is 0.639. The second-order valence-electron chi connectivity index (χ2n) is 3.63. The lowest BCUT2D eigenvalue weighted by molar-refractivity contribution is -0.295. The lowest BCUT2D eigenvalue weighted by atomic mass is 10.3. The van der Waals surface area contributed by atoms with Gasteiger partial charge in [0.2, 0.25) is 0 Å². The van der Waals surface area contributed by atoms with Crippen molar-refractivity contribution in [3.8, 4) is 0 Å². The smallest absolute Gasteiger partial charge is 0.119 e. The molecule has 0 fully saturated rings. The lowest BCUT2D eigenvalue weighted by Gasteiger charge is -2.02. The third kappa shape index (κ3) is 23.4. The molecule has 0 saturated carbocycles. The monoisotopic (exact) mass is 232 g/mol. The number of carbonyl (C=O) groups excluding carboxylic acids is 1. The predicted octanol–water partition coefficient (Wildman–Crippen LogP) is 3.91. The quantitative estimate of drug-likeness (QED) is 0.248. The molecule has 0 aromatic heterocycles. The van der Waals surface area contributed by atoms with E-state index in [2.05, 4.69) is 13.8 Å². The molecule has 0 spiro atoms. The Balaban J connectivity index is 0. The van der Waals surface area contributed by atoms with Crippen LogP contribution in [0.1, 0.15) is 65.7 Å². The standard InChI is InChI=1S/C10H22O2.C3H6O/c1-3-5-7-9-11-12-10-8-6-4-2;1-2-3-4/h3-10H2,1-2H3;3H,2H2,1H3. The Morgan fingerprint density at radius 1 is 0.812 bits per heavy atom. The van der Waals surface area contributed by atoms with Gasteiger partial charge in [0.05, 0.1) is 13.2 Å². The van der Waals surface area contributed by atoms with Crippen molar-refractivity contribution in [2.24, 2.45) is 0 Å². The van der Waals surface area contributed by atoms with Crippen LogP contribution in [0, 0.1) is 0 Å². The highest BCUT2D eigenvalue weighted by Gasteiger charge is 1.89. The third-order valence-corrected chi connectivity index (χ3v) is 1.91. The Labute approximate surface area is 100 Å². The molecule has 0 bridgehead atoms. The minimum Gasteiger partial charge on any atom is -0.303 e. The van der Waals surface area contributed by atoms with E-state index in [9.17, 15) is 4.79 Å². The molecular weight excluding hydrogens is 204 g/mol. The van der Waals surface area contributed by atoms with Gasteiger partial charge < -0.3 is 4.79 Å². The molecule has 0 radical (unpaired) electrons. The summed E-state index contributed by atoms with van der Waals surface area (Å²) in [5, 5.41) is 0. The zero-order valence-electron chi connectivity index (χ0n) is 11.2. The number of hydrogen-bond donors (Lipinski definition) is 0. The average molecular weight is 232 g/mol. The van der Waals surface area contributed by atoms with E-state index in [0.29, 0.717) is 6.42 Å². The van der Waals surface area contributed by atoms with Crippen LogP contribution in [0.5, 0.6) is 0 Å². The van der Waals surface area contributed by atoms with Crippen LogP contribution in [-0.2, 0) is 14.6 Å². The van der Waals surface area contributed by atoms with Gasteiger partial charge in [-0.25, -0.2) is 9.78 Å². The van der Waals surface area contributed by atoms with E-state index in [4.69, 9.17) is 9.78 Å². The Kier molecular flexibility index (Phi) is 22.5. The molecule has 0 amide bonds. The van der Waals surface area contributed by atoms with Crippen LogP contribution in [0.2, 0.25) is 0 Å². The Bertz CT molecular complexity index is 106. The van der Waals surface area contributed by atoms with Crippen molar-refractivity contribution in [2.75, 3.05) is 13.2 Å². The summed E-state index contributed by atoms with van der Waals surface area (Å²) < 4.78 is 0. The van der Waals surface area contributed by atoms with Gasteiger partial charge in [-0.2, -0.15) is 0 Å². The van der Waals surface area contributed by atoms with Gasteiger partial charge in [-0.05, 0) is 12.8 Å². The zero-order chi connectivity index (χ0) is 12.5. The molecule has 0 heterocycles. The number of hydrogen-bond acceptors (Lipinski definition) is 3. The third-order valence-electron chi connectivity index (χ3n) is 1.91. The molecule has 0 aliphatic carbocycles. The summed E-state index contributed by atoms with van der Waals surface area (Å²) >= 11 is 0. The Hall–Kier alpha value is -0.410. The van der Waals surface area contributed by atoms with Gasteiger partial charge in [-0.3, -0.25) is 0 Å². The van der Waals surface area contributed by atoms with Gasteiger partial charge in [0.15, 0.2) is 0 Å². The van der Waals surface area contributed by atoms with Crippen LogP contribution in [0.4, 0.5) is 0 Å². The van der Waals surface area contributed by atoms with E-state index in [1.54, 1.807) is 0 Å². The lowest BCUT2D eigenvalue weighted by Crippen LogP contribution is -1.98. The summed E-state index contributed by atoms with van der Waals surface area (Å²) in [6, 6.07) is 0. The highest BCUT2D eigenvalue weighted by Crippen LogP contribution is 1.97. The van der Waals surface area contributed by atoms with Gasteiger partial charge >= 0.3 is 0 Å². The van der Waals surface area contributed by atoms with E-state index in [-0.39, 0.29) is 0 Å². The van der Waals surface area contributed by atoms with Crippen molar-refractivity contribution < 1.29 is 14.6 Å². The van der Waals surface area contributed by atoms with Crippen molar-refractivity contribution in [3.05, 3.63) is 0 Å². The van der Waals surface area contributed by atoms with Crippen LogP contribution in [0.15, 0.2) is 0 Å². The van der Waals surface area contributed by atoms with Gasteiger partial charge in [0.1, 0.15) is 6.29 Å². The normalized spacial score (nSPS) is 9.44. The molecule has 0 rings (SSSR count). The molecule has 0 aromatic rings. The van der Waals surface area contributed by atoms with Gasteiger partial charge in [0, 0.05) is 6.42 Å². The number of unbranched alkanes of at least 4 members (excludes halogenated alkanes) is 4. The predicted molar refractivity (Wildman–Crippen MR) is 67.3 cm³/mol. The second kappa shape index (κ2) is 20.1. The SMILES string of the molecule is CCC=O.CCCCCOOCCCCC. The molecule has 0 unspecified atom stereocenters. The van der Waals surface area contributed by atoms with Crippen LogP contribution >= 0.6 is 0 Å². The van der Waals surface area contributed by atoms with E-state index in [1.165, 1.54) is 25.7 Å². The molecule has 0 N–H and O–H groups in total. The Morgan fingerprint density at radius 2 is 1.19 bits per heavy atom. The van der Waals surface area contributed by atoms with Gasteiger partial charge in [-0.15, -0.1) is 0 Å². The molecule has 98 valence electrons. The van der Waals surface area contributed by atoms with Crippen LogP contribution in [0.25, 0.3) is 0 Å². The summed E-state index contributed by atoms with van der Waals surface area (Å²) in [7, 11) is 0. The first-order valence-electron chi connectivity index (χ1n) is 6.51. The van der Waals surface area contributed by atoms with Crippen LogP contribution < -0.4 is 0 Å². The molecular formula is C13H28O3. The highest BCUT2D eigenvalue weighted by atomic mass is 17.2. The van der Waals surface area contributed by atoms with Crippen molar-refractivity contribution in [1.29, 1.82) is 0 Å². The highest BCUT2D eigenvalue weighted by molar-refractivity contribution is 5.48. The van der Waals surface area contributed by atoms with Crippen molar-refractivity contribution in [3.63, 3.8) is 0 Å². The van der Waals surface area contributed by atoms with E-state index in [1.807, 2.05) is 6.92 Å². The fourth-order valence-corrected chi connectivity index (χ4v) is 0.940. The molecule has 0 saturated heterocycles. The zero-order valence-corrected chi connectivity index (χ0v) is 11.2. The molecule has 0 aliphatic heterocycles. The molecule has 3 nitrogen and oxygen atoms in total. The first kappa shape index (κ1) is 18.0. The molecule has 16 heavy (non-hydrogen) atoms. The van der Waals surface area contributed by atoms with Gasteiger partial charge in [-0.1, -0.05) is 46.5 Å². The maximum Gasteiger partial charge on any atom is 0.119 e. The maximum absolute atomic E-state index is 9.17. The largest absolute Gasteiger partial charge is 0.303 e. The number of aldehydes is 1. The van der Waals surface area contributed by atoms with Gasteiger partial charge in [0.25, 0.3) is 0 Å². The Morgan fingerprint density at radius 3 is 1.44 bits per heavy atom. The summed E-state index contributed by atoms with van der Waals surface area (Å²) in [5.74, 6) is 0. The molecule has 0 aromatic carbocycles. The van der Waals surface area contributed by atoms with Crippen molar-refractivity contribution in [1.82, 2.24) is 0 Å². The maximum atomic E-state index is 9.17. The fourth-order valence-electron chi connectivity index (χ4n) is 0.940. The first-order valence-corrected chi connectivity index (χ1v) is 6.51. The molecule has 0 aliphatic rings. The van der Waals surface area contributed by atoms with E-state index < -0.39 is 0 Å². The number of rotatable bonds is 10. The molecule has 3 heteroatoms. The number of carbonyl (C=O) groups is 1. The average Bonchev–Trinajstić information content (AvgIpc) is 2.33. The van der Waals surface area contributed by atoms with E-state index >= 15 is 0 Å². The topological polar surface area (TPSA) is 35.5 Å². The van der Waals surface area contributed by atoms with Crippen LogP contribution in [0.3, 0.4) is 0 Å². The van der Waals surface area contributed by atoms with E-state index in [0.717, 1.165) is 32.3 Å². The minimum atomic E-state index is 0.639. The van der Waals surface area contributed by atoms with Crippen molar-refractivity contribution in [2.45, 2.75) is 65.7 Å². The summed E-state index contributed by atoms with van der Waals surface area (Å²) in [4.78, 5) is 19.1. The summed E-state index contributed by atoms with van der Waals surface area (Å²) in [6.07, 6.45) is 8.68.